The smallest absolute Gasteiger partial charge is 0.172 e. The van der Waals surface area contributed by atoms with E-state index in [2.05, 4.69) is 43.3 Å². The molecular weight excluding hydrogens is 366 g/mol. The third kappa shape index (κ3) is 4.38. The molecule has 0 aromatic carbocycles. The van der Waals surface area contributed by atoms with Crippen LogP contribution >= 0.6 is 0 Å². The maximum absolute atomic E-state index is 9.40. The predicted molar refractivity (Wildman–Crippen MR) is 114 cm³/mol. The van der Waals surface area contributed by atoms with Crippen molar-refractivity contribution in [3.8, 4) is 0 Å². The molecular formula is C21H33N7O. The molecule has 158 valence electrons. The standard InChI is InChI=1S/C21H33N7O/c1-3-28-17(2)19(14-24-28)15-25-10-12-27(13-11-25)21-20(22-6-7-23-21)26-8-4-18(16-29)5-9-26/h6-7,14,18,29H,3-5,8-13,15-16H2,1-2H3. The molecule has 0 spiro atoms. The van der Waals surface area contributed by atoms with Gasteiger partial charge in [0.15, 0.2) is 11.6 Å². The van der Waals surface area contributed by atoms with Crippen LogP contribution in [0.3, 0.4) is 0 Å². The van der Waals surface area contributed by atoms with E-state index in [1.807, 2.05) is 6.20 Å². The summed E-state index contributed by atoms with van der Waals surface area (Å²) in [4.78, 5) is 16.6. The lowest BCUT2D eigenvalue weighted by Crippen LogP contribution is -2.47. The van der Waals surface area contributed by atoms with Crippen molar-refractivity contribution in [2.24, 2.45) is 5.92 Å². The molecule has 0 aliphatic carbocycles. The number of anilines is 2. The first-order valence-electron chi connectivity index (χ1n) is 10.8. The molecule has 2 saturated heterocycles. The second kappa shape index (κ2) is 9.09. The average molecular weight is 400 g/mol. The lowest BCUT2D eigenvalue weighted by molar-refractivity contribution is 0.202. The Balaban J connectivity index is 1.38. The first kappa shape index (κ1) is 20.1. The van der Waals surface area contributed by atoms with Crippen LogP contribution in [0.25, 0.3) is 0 Å². The minimum Gasteiger partial charge on any atom is -0.396 e. The Bertz CT molecular complexity index is 792. The fraction of sp³-hybridized carbons (Fsp3) is 0.667. The highest BCUT2D eigenvalue weighted by molar-refractivity contribution is 5.62. The van der Waals surface area contributed by atoms with Gasteiger partial charge in [-0.3, -0.25) is 9.58 Å². The Labute approximate surface area is 173 Å². The molecule has 0 bridgehead atoms. The van der Waals surface area contributed by atoms with Crippen molar-refractivity contribution in [1.29, 1.82) is 0 Å². The van der Waals surface area contributed by atoms with Crippen LogP contribution in [0.1, 0.15) is 31.0 Å². The van der Waals surface area contributed by atoms with Crippen LogP contribution in [0, 0.1) is 12.8 Å². The second-order valence-corrected chi connectivity index (χ2v) is 8.15. The summed E-state index contributed by atoms with van der Waals surface area (Å²) in [6.45, 7) is 12.3. The molecule has 2 aliphatic rings. The van der Waals surface area contributed by atoms with Crippen molar-refractivity contribution in [1.82, 2.24) is 24.6 Å². The zero-order valence-electron chi connectivity index (χ0n) is 17.7. The van der Waals surface area contributed by atoms with Crippen LogP contribution in [0.2, 0.25) is 0 Å². The van der Waals surface area contributed by atoms with Gasteiger partial charge in [0, 0.05) is 82.6 Å². The van der Waals surface area contributed by atoms with Gasteiger partial charge in [-0.25, -0.2) is 9.97 Å². The van der Waals surface area contributed by atoms with Crippen molar-refractivity contribution in [3.05, 3.63) is 29.8 Å². The van der Waals surface area contributed by atoms with E-state index in [-0.39, 0.29) is 0 Å². The van der Waals surface area contributed by atoms with E-state index < -0.39 is 0 Å². The summed E-state index contributed by atoms with van der Waals surface area (Å²) in [6, 6.07) is 0. The largest absolute Gasteiger partial charge is 0.396 e. The van der Waals surface area contributed by atoms with Crippen LogP contribution in [0.15, 0.2) is 18.6 Å². The van der Waals surface area contributed by atoms with Crippen molar-refractivity contribution in [2.45, 2.75) is 39.8 Å². The number of nitrogens with zero attached hydrogens (tertiary/aromatic N) is 7. The highest BCUT2D eigenvalue weighted by atomic mass is 16.3. The maximum Gasteiger partial charge on any atom is 0.172 e. The third-order valence-electron chi connectivity index (χ3n) is 6.40. The highest BCUT2D eigenvalue weighted by Crippen LogP contribution is 2.29. The molecule has 8 heteroatoms. The molecule has 2 aromatic rings. The van der Waals surface area contributed by atoms with Gasteiger partial charge in [0.05, 0.1) is 6.20 Å². The molecule has 0 atom stereocenters. The number of rotatable bonds is 6. The van der Waals surface area contributed by atoms with Gasteiger partial charge in [-0.2, -0.15) is 5.10 Å². The number of piperidine rings is 1. The van der Waals surface area contributed by atoms with Gasteiger partial charge in [0.2, 0.25) is 0 Å². The number of hydrogen-bond acceptors (Lipinski definition) is 7. The Morgan fingerprint density at radius 1 is 0.966 bits per heavy atom. The Kier molecular flexibility index (Phi) is 6.30. The van der Waals surface area contributed by atoms with Crippen molar-refractivity contribution >= 4 is 11.6 Å². The normalized spacial score (nSPS) is 19.1. The third-order valence-corrected chi connectivity index (χ3v) is 6.40. The topological polar surface area (TPSA) is 73.6 Å². The summed E-state index contributed by atoms with van der Waals surface area (Å²) in [7, 11) is 0. The second-order valence-electron chi connectivity index (χ2n) is 8.15. The summed E-state index contributed by atoms with van der Waals surface area (Å²) in [5, 5.41) is 13.9. The number of hydrogen-bond donors (Lipinski definition) is 1. The lowest BCUT2D eigenvalue weighted by atomic mass is 9.98. The zero-order valence-corrected chi connectivity index (χ0v) is 17.7. The number of aliphatic hydroxyl groups is 1. The lowest BCUT2D eigenvalue weighted by Gasteiger charge is -2.38. The predicted octanol–water partition coefficient (Wildman–Crippen LogP) is 1.53. The summed E-state index contributed by atoms with van der Waals surface area (Å²) >= 11 is 0. The van der Waals surface area contributed by atoms with Gasteiger partial charge < -0.3 is 14.9 Å². The summed E-state index contributed by atoms with van der Waals surface area (Å²) in [6.07, 6.45) is 7.65. The van der Waals surface area contributed by atoms with Gasteiger partial charge in [0.1, 0.15) is 0 Å². The van der Waals surface area contributed by atoms with E-state index in [0.717, 1.165) is 76.8 Å². The Hall–Kier alpha value is -2.19. The number of aryl methyl sites for hydroxylation is 1. The fourth-order valence-corrected chi connectivity index (χ4v) is 4.41. The molecule has 4 heterocycles. The van der Waals surface area contributed by atoms with Gasteiger partial charge in [0.25, 0.3) is 0 Å². The molecule has 2 aromatic heterocycles. The molecule has 0 radical (unpaired) electrons. The van der Waals surface area contributed by atoms with E-state index in [0.29, 0.717) is 12.5 Å². The summed E-state index contributed by atoms with van der Waals surface area (Å²) in [5.41, 5.74) is 2.60. The van der Waals surface area contributed by atoms with Crippen molar-refractivity contribution in [3.63, 3.8) is 0 Å². The van der Waals surface area contributed by atoms with E-state index in [1.54, 1.807) is 12.4 Å². The summed E-state index contributed by atoms with van der Waals surface area (Å²) < 4.78 is 2.07. The van der Waals surface area contributed by atoms with Crippen LogP contribution in [-0.4, -0.2) is 75.6 Å². The SMILES string of the molecule is CCn1ncc(CN2CCN(c3nccnc3N3CCC(CO)CC3)CC2)c1C. The number of piperazine rings is 1. The van der Waals surface area contributed by atoms with Gasteiger partial charge in [-0.15, -0.1) is 0 Å². The highest BCUT2D eigenvalue weighted by Gasteiger charge is 2.26. The Morgan fingerprint density at radius 3 is 2.14 bits per heavy atom. The van der Waals surface area contributed by atoms with Crippen LogP contribution in [-0.2, 0) is 13.1 Å². The minimum absolute atomic E-state index is 0.291. The van der Waals surface area contributed by atoms with Crippen molar-refractivity contribution in [2.75, 3.05) is 55.7 Å². The molecule has 29 heavy (non-hydrogen) atoms. The molecule has 2 fully saturated rings. The quantitative estimate of drug-likeness (QED) is 0.790. The first-order chi connectivity index (χ1) is 14.2. The van der Waals surface area contributed by atoms with E-state index in [1.165, 1.54) is 11.3 Å². The van der Waals surface area contributed by atoms with Crippen LogP contribution in [0.4, 0.5) is 11.6 Å². The molecule has 1 N–H and O–H groups in total. The maximum atomic E-state index is 9.40. The van der Waals surface area contributed by atoms with Gasteiger partial charge >= 0.3 is 0 Å². The average Bonchev–Trinajstić information content (AvgIpc) is 3.13. The molecule has 0 saturated carbocycles. The Morgan fingerprint density at radius 2 is 1.59 bits per heavy atom. The fourth-order valence-electron chi connectivity index (χ4n) is 4.41. The molecule has 0 unspecified atom stereocenters. The number of aliphatic hydroxyl groups excluding tert-OH is 1. The van der Waals surface area contributed by atoms with Gasteiger partial charge in [-0.1, -0.05) is 0 Å². The molecule has 0 amide bonds. The summed E-state index contributed by atoms with van der Waals surface area (Å²) in [5.74, 6) is 2.43. The van der Waals surface area contributed by atoms with E-state index in [9.17, 15) is 5.11 Å². The van der Waals surface area contributed by atoms with Crippen molar-refractivity contribution < 1.29 is 5.11 Å². The first-order valence-corrected chi connectivity index (χ1v) is 10.8. The monoisotopic (exact) mass is 399 g/mol. The molecule has 2 aliphatic heterocycles. The van der Waals surface area contributed by atoms with Crippen LogP contribution < -0.4 is 9.80 Å². The minimum atomic E-state index is 0.291. The molecule has 4 rings (SSSR count). The number of aromatic nitrogens is 4. The van der Waals surface area contributed by atoms with Gasteiger partial charge in [-0.05, 0) is 32.6 Å². The van der Waals surface area contributed by atoms with E-state index in [4.69, 9.17) is 4.98 Å². The zero-order chi connectivity index (χ0) is 20.2. The van der Waals surface area contributed by atoms with Crippen LogP contribution in [0.5, 0.6) is 0 Å². The van der Waals surface area contributed by atoms with E-state index >= 15 is 0 Å². The molecule has 8 nitrogen and oxygen atoms in total.